The number of likely N-dealkylation sites (tertiary alicyclic amines) is 1. The van der Waals surface area contributed by atoms with Crippen LogP contribution < -0.4 is 10.2 Å². The molecule has 130 valence electrons. The number of anilines is 2. The van der Waals surface area contributed by atoms with Crippen LogP contribution in [0.5, 0.6) is 0 Å². The molecule has 1 aliphatic heterocycles. The third kappa shape index (κ3) is 4.18. The molecule has 2 aromatic carbocycles. The van der Waals surface area contributed by atoms with Crippen molar-refractivity contribution in [2.75, 3.05) is 30.9 Å². The second kappa shape index (κ2) is 7.38. The lowest BCUT2D eigenvalue weighted by Gasteiger charge is -2.16. The van der Waals surface area contributed by atoms with E-state index in [1.54, 1.807) is 6.07 Å². The monoisotopic (exact) mass is 337 g/mol. The van der Waals surface area contributed by atoms with E-state index in [2.05, 4.69) is 5.32 Å². The average molecular weight is 337 g/mol. The van der Waals surface area contributed by atoms with Crippen LogP contribution in [0.4, 0.5) is 11.4 Å². The van der Waals surface area contributed by atoms with Gasteiger partial charge in [0.1, 0.15) is 0 Å². The highest BCUT2D eigenvalue weighted by Crippen LogP contribution is 2.19. The molecule has 0 radical (unpaired) electrons. The highest BCUT2D eigenvalue weighted by atomic mass is 16.2. The van der Waals surface area contributed by atoms with Gasteiger partial charge in [-0.3, -0.25) is 9.59 Å². The number of rotatable bonds is 5. The number of hydrogen-bond acceptors (Lipinski definition) is 3. The summed E-state index contributed by atoms with van der Waals surface area (Å²) < 4.78 is 0. The van der Waals surface area contributed by atoms with Gasteiger partial charge in [0, 0.05) is 50.5 Å². The predicted octanol–water partition coefficient (Wildman–Crippen LogP) is 3.13. The summed E-state index contributed by atoms with van der Waals surface area (Å²) in [6, 6.07) is 15.2. The summed E-state index contributed by atoms with van der Waals surface area (Å²) in [5, 5.41) is 2.94. The van der Waals surface area contributed by atoms with Crippen molar-refractivity contribution in [3.63, 3.8) is 0 Å². The van der Waals surface area contributed by atoms with E-state index in [4.69, 9.17) is 0 Å². The molecule has 0 bridgehead atoms. The largest absolute Gasteiger partial charge is 0.378 e. The van der Waals surface area contributed by atoms with Crippen molar-refractivity contribution in [3.05, 3.63) is 59.7 Å². The molecular formula is C20H23N3O2. The number of hydrogen-bond donors (Lipinski definition) is 1. The molecule has 1 fully saturated rings. The average Bonchev–Trinajstić information content (AvgIpc) is 3.00. The molecule has 0 aromatic heterocycles. The van der Waals surface area contributed by atoms with Crippen LogP contribution in [0.15, 0.2) is 48.5 Å². The zero-order valence-electron chi connectivity index (χ0n) is 14.7. The Bertz CT molecular complexity index is 786. The van der Waals surface area contributed by atoms with Gasteiger partial charge in [-0.15, -0.1) is 0 Å². The lowest BCUT2D eigenvalue weighted by Crippen LogP contribution is -2.23. The van der Waals surface area contributed by atoms with Crippen molar-refractivity contribution in [2.24, 2.45) is 0 Å². The topological polar surface area (TPSA) is 52.7 Å². The second-order valence-corrected chi connectivity index (χ2v) is 6.52. The minimum atomic E-state index is -0.141. The van der Waals surface area contributed by atoms with Crippen molar-refractivity contribution in [3.8, 4) is 0 Å². The summed E-state index contributed by atoms with van der Waals surface area (Å²) in [4.78, 5) is 28.1. The number of benzene rings is 2. The maximum absolute atomic E-state index is 12.5. The van der Waals surface area contributed by atoms with Gasteiger partial charge in [0.15, 0.2) is 0 Å². The van der Waals surface area contributed by atoms with Gasteiger partial charge in [0.25, 0.3) is 5.91 Å². The lowest BCUT2D eigenvalue weighted by atomic mass is 10.1. The SMILES string of the molecule is CN(C)c1cccc(C(=O)Nc2cccc(CN3CCCC3=O)c2)c1. The molecule has 2 aromatic rings. The molecule has 0 spiro atoms. The van der Waals surface area contributed by atoms with Crippen LogP contribution in [0.3, 0.4) is 0 Å². The van der Waals surface area contributed by atoms with Gasteiger partial charge in [-0.1, -0.05) is 18.2 Å². The summed E-state index contributed by atoms with van der Waals surface area (Å²) in [5.74, 6) is 0.0630. The summed E-state index contributed by atoms with van der Waals surface area (Å²) in [6.45, 7) is 1.41. The maximum Gasteiger partial charge on any atom is 0.255 e. The van der Waals surface area contributed by atoms with Crippen molar-refractivity contribution < 1.29 is 9.59 Å². The van der Waals surface area contributed by atoms with Crippen LogP contribution in [-0.4, -0.2) is 37.4 Å². The van der Waals surface area contributed by atoms with Gasteiger partial charge in [-0.05, 0) is 42.3 Å². The van der Waals surface area contributed by atoms with Crippen LogP contribution in [0.2, 0.25) is 0 Å². The molecule has 5 heteroatoms. The normalized spacial score (nSPS) is 13.8. The minimum absolute atomic E-state index is 0.141. The van der Waals surface area contributed by atoms with Crippen LogP contribution in [0.1, 0.15) is 28.8 Å². The molecule has 1 saturated heterocycles. The van der Waals surface area contributed by atoms with E-state index in [9.17, 15) is 9.59 Å². The van der Waals surface area contributed by atoms with Gasteiger partial charge < -0.3 is 15.1 Å². The summed E-state index contributed by atoms with van der Waals surface area (Å²) in [7, 11) is 3.89. The quantitative estimate of drug-likeness (QED) is 0.912. The molecule has 0 unspecified atom stereocenters. The third-order valence-corrected chi connectivity index (χ3v) is 4.35. The fourth-order valence-corrected chi connectivity index (χ4v) is 2.97. The van der Waals surface area contributed by atoms with E-state index in [1.807, 2.05) is 66.4 Å². The summed E-state index contributed by atoms with van der Waals surface area (Å²) in [6.07, 6.45) is 1.57. The van der Waals surface area contributed by atoms with Crippen molar-refractivity contribution >= 4 is 23.2 Å². The number of nitrogens with one attached hydrogen (secondary N) is 1. The minimum Gasteiger partial charge on any atom is -0.378 e. The van der Waals surface area contributed by atoms with Crippen LogP contribution in [0.25, 0.3) is 0 Å². The van der Waals surface area contributed by atoms with E-state index >= 15 is 0 Å². The molecule has 2 amide bonds. The Morgan fingerprint density at radius 1 is 1.16 bits per heavy atom. The molecule has 5 nitrogen and oxygen atoms in total. The van der Waals surface area contributed by atoms with E-state index in [1.165, 1.54) is 0 Å². The first kappa shape index (κ1) is 17.0. The summed E-state index contributed by atoms with van der Waals surface area (Å²) in [5.41, 5.74) is 3.36. The van der Waals surface area contributed by atoms with Gasteiger partial charge in [-0.25, -0.2) is 0 Å². The van der Waals surface area contributed by atoms with Gasteiger partial charge in [0.2, 0.25) is 5.91 Å². The molecule has 25 heavy (non-hydrogen) atoms. The number of amides is 2. The number of carbonyl (C=O) groups is 2. The molecule has 3 rings (SSSR count). The van der Waals surface area contributed by atoms with E-state index in [0.29, 0.717) is 18.5 Å². The number of nitrogens with zero attached hydrogens (tertiary/aromatic N) is 2. The Hall–Kier alpha value is -2.82. The van der Waals surface area contributed by atoms with Crippen molar-refractivity contribution in [1.29, 1.82) is 0 Å². The summed E-state index contributed by atoms with van der Waals surface area (Å²) >= 11 is 0. The Balaban J connectivity index is 1.70. The standard InChI is InChI=1S/C20H23N3O2/c1-22(2)18-9-4-7-16(13-18)20(25)21-17-8-3-6-15(12-17)14-23-11-5-10-19(23)24/h3-4,6-9,12-13H,5,10-11,14H2,1-2H3,(H,21,25). The van der Waals surface area contributed by atoms with Gasteiger partial charge in [-0.2, -0.15) is 0 Å². The first-order valence-electron chi connectivity index (χ1n) is 8.48. The van der Waals surface area contributed by atoms with E-state index in [0.717, 1.165) is 29.9 Å². The lowest BCUT2D eigenvalue weighted by molar-refractivity contribution is -0.128. The first-order valence-corrected chi connectivity index (χ1v) is 8.48. The Morgan fingerprint density at radius 2 is 1.96 bits per heavy atom. The maximum atomic E-state index is 12.5. The molecular weight excluding hydrogens is 314 g/mol. The molecule has 1 N–H and O–H groups in total. The van der Waals surface area contributed by atoms with E-state index < -0.39 is 0 Å². The van der Waals surface area contributed by atoms with Crippen molar-refractivity contribution in [2.45, 2.75) is 19.4 Å². The Labute approximate surface area is 148 Å². The molecule has 0 atom stereocenters. The van der Waals surface area contributed by atoms with Gasteiger partial charge in [0.05, 0.1) is 0 Å². The highest BCUT2D eigenvalue weighted by Gasteiger charge is 2.20. The van der Waals surface area contributed by atoms with Crippen LogP contribution >= 0.6 is 0 Å². The molecule has 1 heterocycles. The fourth-order valence-electron chi connectivity index (χ4n) is 2.97. The van der Waals surface area contributed by atoms with E-state index in [-0.39, 0.29) is 11.8 Å². The smallest absolute Gasteiger partial charge is 0.255 e. The van der Waals surface area contributed by atoms with Crippen LogP contribution in [-0.2, 0) is 11.3 Å². The Kier molecular flexibility index (Phi) is 5.03. The first-order chi connectivity index (χ1) is 12.0. The highest BCUT2D eigenvalue weighted by molar-refractivity contribution is 6.04. The fraction of sp³-hybridized carbons (Fsp3) is 0.300. The number of carbonyl (C=O) groups excluding carboxylic acids is 2. The molecule has 1 aliphatic rings. The van der Waals surface area contributed by atoms with Gasteiger partial charge >= 0.3 is 0 Å². The van der Waals surface area contributed by atoms with Crippen LogP contribution in [0, 0.1) is 0 Å². The third-order valence-electron chi connectivity index (χ3n) is 4.35. The van der Waals surface area contributed by atoms with Crippen molar-refractivity contribution in [1.82, 2.24) is 4.90 Å². The predicted molar refractivity (Wildman–Crippen MR) is 99.8 cm³/mol. The Morgan fingerprint density at radius 3 is 2.68 bits per heavy atom. The molecule has 0 aliphatic carbocycles. The molecule has 0 saturated carbocycles. The zero-order chi connectivity index (χ0) is 17.8. The second-order valence-electron chi connectivity index (χ2n) is 6.52. The zero-order valence-corrected chi connectivity index (χ0v) is 14.7.